The van der Waals surface area contributed by atoms with E-state index >= 15 is 0 Å². The van der Waals surface area contributed by atoms with Crippen LogP contribution >= 0.6 is 0 Å². The second-order valence-electron chi connectivity index (χ2n) is 4.16. The van der Waals surface area contributed by atoms with Gasteiger partial charge in [-0.2, -0.15) is 4.84 Å². The molecule has 2 aromatic rings. The Morgan fingerprint density at radius 3 is 2.00 bits per heavy atom. The first kappa shape index (κ1) is 16.5. The molecule has 0 spiro atoms. The number of carbonyl (C=O) groups is 2. The number of ether oxygens (including phenoxy) is 2. The van der Waals surface area contributed by atoms with Crippen molar-refractivity contribution in [2.75, 3.05) is 0 Å². The first-order valence-corrected chi connectivity index (χ1v) is 6.31. The summed E-state index contributed by atoms with van der Waals surface area (Å²) in [5.74, 6) is 0.153. The van der Waals surface area contributed by atoms with Gasteiger partial charge in [0.2, 0.25) is 5.75 Å². The van der Waals surface area contributed by atoms with Crippen LogP contribution in [0, 0.1) is 15.0 Å². The normalized spacial score (nSPS) is 9.67. The zero-order valence-corrected chi connectivity index (χ0v) is 11.9. The lowest BCUT2D eigenvalue weighted by molar-refractivity contribution is -0.697. The number of nitro benzene ring substituents is 1. The predicted octanol–water partition coefficient (Wildman–Crippen LogP) is 2.67. The standard InChI is InChI=1S/C14H9N2O8/c17-9-22-14(18)23-12-5-3-11(4-6-12)16(21)24-13-7-1-10(2-8-13)15(19)20/h1-9H/q+1. The monoisotopic (exact) mass is 333 g/mol. The van der Waals surface area contributed by atoms with Gasteiger partial charge in [-0.3, -0.25) is 14.9 Å². The summed E-state index contributed by atoms with van der Waals surface area (Å²) in [6.07, 6.45) is -1.21. The minimum Gasteiger partial charge on any atom is -0.395 e. The van der Waals surface area contributed by atoms with Crippen LogP contribution < -0.4 is 9.57 Å². The quantitative estimate of drug-likeness (QED) is 0.197. The summed E-state index contributed by atoms with van der Waals surface area (Å²) in [6.45, 7) is -0.0753. The molecule has 0 N–H and O–H groups in total. The average Bonchev–Trinajstić information content (AvgIpc) is 2.56. The minimum atomic E-state index is -1.21. The lowest BCUT2D eigenvalue weighted by Crippen LogP contribution is -2.09. The van der Waals surface area contributed by atoms with E-state index < -0.39 is 11.1 Å². The fourth-order valence-electron chi connectivity index (χ4n) is 1.57. The second kappa shape index (κ2) is 7.45. The lowest BCUT2D eigenvalue weighted by Gasteiger charge is -2.00. The number of benzene rings is 2. The third-order valence-corrected chi connectivity index (χ3v) is 2.63. The van der Waals surface area contributed by atoms with Crippen LogP contribution in [0.4, 0.5) is 16.2 Å². The zero-order chi connectivity index (χ0) is 17.5. The summed E-state index contributed by atoms with van der Waals surface area (Å²) in [5, 5.41) is 10.5. The lowest BCUT2D eigenvalue weighted by atomic mass is 10.3. The van der Waals surface area contributed by atoms with Crippen molar-refractivity contribution >= 4 is 24.0 Å². The van der Waals surface area contributed by atoms with Crippen LogP contribution in [-0.4, -0.2) is 22.5 Å². The van der Waals surface area contributed by atoms with Gasteiger partial charge in [0.15, 0.2) is 0 Å². The van der Waals surface area contributed by atoms with Crippen molar-refractivity contribution in [3.8, 4) is 11.5 Å². The van der Waals surface area contributed by atoms with E-state index in [0.29, 0.717) is 0 Å². The number of nitro groups is 1. The highest BCUT2D eigenvalue weighted by Crippen LogP contribution is 2.22. The van der Waals surface area contributed by atoms with E-state index in [1.165, 1.54) is 48.5 Å². The van der Waals surface area contributed by atoms with Gasteiger partial charge in [-0.15, -0.1) is 0 Å². The molecule has 2 aromatic carbocycles. The topological polar surface area (TPSA) is 125 Å². The smallest absolute Gasteiger partial charge is 0.395 e. The van der Waals surface area contributed by atoms with Crippen molar-refractivity contribution in [2.24, 2.45) is 0 Å². The van der Waals surface area contributed by atoms with Gasteiger partial charge in [0.1, 0.15) is 5.75 Å². The Morgan fingerprint density at radius 2 is 1.46 bits per heavy atom. The molecule has 0 aliphatic carbocycles. The summed E-state index contributed by atoms with van der Waals surface area (Å²) in [6, 6.07) is 10.1. The first-order valence-electron chi connectivity index (χ1n) is 6.31. The van der Waals surface area contributed by atoms with Crippen LogP contribution in [0.2, 0.25) is 0 Å². The van der Waals surface area contributed by atoms with E-state index in [9.17, 15) is 24.6 Å². The number of carbonyl (C=O) groups excluding carboxylic acids is 2. The van der Waals surface area contributed by atoms with Gasteiger partial charge in [-0.25, -0.2) is 4.79 Å². The maximum absolute atomic E-state index is 11.9. The summed E-state index contributed by atoms with van der Waals surface area (Å²) in [7, 11) is 0. The summed E-state index contributed by atoms with van der Waals surface area (Å²) >= 11 is 0. The maximum Gasteiger partial charge on any atom is 0.521 e. The molecule has 0 radical (unpaired) electrons. The molecule has 0 bridgehead atoms. The van der Waals surface area contributed by atoms with Gasteiger partial charge >= 0.3 is 18.3 Å². The fourth-order valence-corrected chi connectivity index (χ4v) is 1.57. The van der Waals surface area contributed by atoms with Gasteiger partial charge in [-0.1, -0.05) is 0 Å². The molecule has 0 atom stereocenters. The minimum absolute atomic E-state index is 0.0503. The Labute approximate surface area is 133 Å². The summed E-state index contributed by atoms with van der Waals surface area (Å²) < 4.78 is 8.57. The SMILES string of the molecule is O=COC(=O)Oc1ccc([N+](=O)Oc2ccc([N+](=O)[O-])cc2)cc1. The molecule has 0 aromatic heterocycles. The van der Waals surface area contributed by atoms with E-state index in [4.69, 9.17) is 4.84 Å². The third-order valence-electron chi connectivity index (χ3n) is 2.63. The van der Waals surface area contributed by atoms with Crippen LogP contribution in [0.1, 0.15) is 0 Å². The number of hydrogen-bond acceptors (Lipinski definition) is 8. The van der Waals surface area contributed by atoms with Crippen molar-refractivity contribution in [3.63, 3.8) is 0 Å². The van der Waals surface area contributed by atoms with Gasteiger partial charge in [0.25, 0.3) is 10.6 Å². The van der Waals surface area contributed by atoms with Crippen LogP contribution in [0.15, 0.2) is 48.5 Å². The van der Waals surface area contributed by atoms with Gasteiger partial charge in [0, 0.05) is 24.3 Å². The van der Waals surface area contributed by atoms with E-state index in [0.717, 1.165) is 0 Å². The second-order valence-corrected chi connectivity index (χ2v) is 4.16. The Hall–Kier alpha value is -3.82. The zero-order valence-electron chi connectivity index (χ0n) is 11.9. The van der Waals surface area contributed by atoms with Crippen LogP contribution in [0.5, 0.6) is 11.5 Å². The molecule has 10 nitrogen and oxygen atoms in total. The highest BCUT2D eigenvalue weighted by atomic mass is 16.8. The average molecular weight is 333 g/mol. The van der Waals surface area contributed by atoms with Gasteiger partial charge in [-0.05, 0) is 24.3 Å². The molecule has 2 rings (SSSR count). The van der Waals surface area contributed by atoms with E-state index in [-0.39, 0.29) is 34.3 Å². The van der Waals surface area contributed by atoms with Crippen molar-refractivity contribution in [2.45, 2.75) is 0 Å². The molecule has 0 saturated carbocycles. The molecule has 122 valence electrons. The van der Waals surface area contributed by atoms with E-state index in [1.54, 1.807) is 0 Å². The number of nitrogens with zero attached hydrogens (tertiary/aromatic N) is 2. The van der Waals surface area contributed by atoms with Crippen LogP contribution in [-0.2, 0) is 9.53 Å². The predicted molar refractivity (Wildman–Crippen MR) is 76.6 cm³/mol. The molecule has 10 heteroatoms. The Kier molecular flexibility index (Phi) is 5.13. The van der Waals surface area contributed by atoms with Crippen molar-refractivity contribution < 1.29 is 33.7 Å². The molecular formula is C14H9N2O8+. The molecule has 0 heterocycles. The molecule has 0 fully saturated rings. The van der Waals surface area contributed by atoms with E-state index in [1.807, 2.05) is 0 Å². The summed E-state index contributed by atoms with van der Waals surface area (Å²) in [5.41, 5.74) is -0.0621. The molecule has 24 heavy (non-hydrogen) atoms. The fraction of sp³-hybridized carbons (Fsp3) is 0. The third kappa shape index (κ3) is 4.34. The van der Waals surface area contributed by atoms with Crippen molar-refractivity contribution in [3.05, 3.63) is 63.6 Å². The molecule has 0 saturated heterocycles. The molecule has 0 amide bonds. The van der Waals surface area contributed by atoms with E-state index in [2.05, 4.69) is 9.47 Å². The number of rotatable bonds is 6. The molecule has 0 aliphatic heterocycles. The van der Waals surface area contributed by atoms with Crippen LogP contribution in [0.25, 0.3) is 0 Å². The summed E-state index contributed by atoms with van der Waals surface area (Å²) in [4.78, 5) is 47.8. The molecule has 0 unspecified atom stereocenters. The highest BCUT2D eigenvalue weighted by Gasteiger charge is 2.19. The highest BCUT2D eigenvalue weighted by molar-refractivity contribution is 5.71. The number of non-ortho nitro benzene ring substituents is 1. The first-order chi connectivity index (χ1) is 11.5. The molecule has 0 aliphatic rings. The van der Waals surface area contributed by atoms with Crippen molar-refractivity contribution in [1.29, 1.82) is 0 Å². The Morgan fingerprint density at radius 1 is 0.917 bits per heavy atom. The van der Waals surface area contributed by atoms with Gasteiger partial charge in [0.05, 0.1) is 9.83 Å². The van der Waals surface area contributed by atoms with Gasteiger partial charge < -0.3 is 9.47 Å². The maximum atomic E-state index is 11.9. The Bertz CT molecular complexity index is 770. The largest absolute Gasteiger partial charge is 0.521 e. The molecular weight excluding hydrogens is 324 g/mol. The van der Waals surface area contributed by atoms with Crippen molar-refractivity contribution in [1.82, 2.24) is 0 Å². The van der Waals surface area contributed by atoms with Crippen LogP contribution in [0.3, 0.4) is 0 Å². The Balaban J connectivity index is 2.00. The number of hydrogen-bond donors (Lipinski definition) is 0.